The van der Waals surface area contributed by atoms with Gasteiger partial charge in [-0.15, -0.1) is 0 Å². The van der Waals surface area contributed by atoms with E-state index in [-0.39, 0.29) is 102 Å². The quantitative estimate of drug-likeness (QED) is 0.0610. The second-order valence-corrected chi connectivity index (χ2v) is 9.65. The van der Waals surface area contributed by atoms with Crippen LogP contribution in [0.1, 0.15) is 0 Å². The lowest BCUT2D eigenvalue weighted by Gasteiger charge is -2.17. The number of hydrogen-bond acceptors (Lipinski definition) is 15. The molecule has 18 heteroatoms. The highest BCUT2D eigenvalue weighted by Gasteiger charge is 2.22. The lowest BCUT2D eigenvalue weighted by atomic mass is 10.1. The molecule has 0 radical (unpaired) electrons. The van der Waals surface area contributed by atoms with E-state index in [2.05, 4.69) is 35.7 Å². The van der Waals surface area contributed by atoms with Crippen molar-refractivity contribution in [1.82, 2.24) is 16.0 Å². The Bertz CT molecular complexity index is 1550. The molecule has 0 spiro atoms. The highest BCUT2D eigenvalue weighted by atomic mass is 16.6. The number of hydrogen-bond donors (Lipinski definition) is 3. The number of rotatable bonds is 24. The fraction of sp³-hybridized carbons (Fsp3) is 0.353. The van der Waals surface area contributed by atoms with Crippen LogP contribution < -0.4 is 30.2 Å². The molecular weight excluding hydrogens is 690 g/mol. The van der Waals surface area contributed by atoms with Gasteiger partial charge >= 0.3 is 36.2 Å². The molecule has 0 atom stereocenters. The lowest BCUT2D eigenvalue weighted by Crippen LogP contribution is -2.32. The van der Waals surface area contributed by atoms with Gasteiger partial charge < -0.3 is 58.6 Å². The highest BCUT2D eigenvalue weighted by molar-refractivity contribution is 5.98. The van der Waals surface area contributed by atoms with Crippen LogP contribution in [0.25, 0.3) is 10.8 Å². The molecule has 0 aliphatic carbocycles. The van der Waals surface area contributed by atoms with Gasteiger partial charge in [0, 0.05) is 54.7 Å². The largest absolute Gasteiger partial charge is 0.460 e. The molecule has 0 fully saturated rings. The van der Waals surface area contributed by atoms with E-state index in [1.54, 1.807) is 24.3 Å². The first-order chi connectivity index (χ1) is 25.2. The second-order valence-electron chi connectivity index (χ2n) is 9.65. The minimum atomic E-state index is -0.959. The number of fused-ring (bicyclic) bond motifs is 1. The van der Waals surface area contributed by atoms with Crippen LogP contribution in [0.4, 0.5) is 14.4 Å². The summed E-state index contributed by atoms with van der Waals surface area (Å²) in [7, 11) is 0. The number of esters is 3. The Morgan fingerprint density at radius 2 is 0.885 bits per heavy atom. The van der Waals surface area contributed by atoms with Crippen LogP contribution in [0, 0.1) is 0 Å². The Morgan fingerprint density at radius 3 is 1.31 bits per heavy atom. The van der Waals surface area contributed by atoms with Gasteiger partial charge in [0.2, 0.25) is 0 Å². The van der Waals surface area contributed by atoms with E-state index >= 15 is 0 Å². The zero-order chi connectivity index (χ0) is 38.0. The summed E-state index contributed by atoms with van der Waals surface area (Å²) in [6.45, 7) is 10.3. The highest BCUT2D eigenvalue weighted by Crippen LogP contribution is 2.42. The SMILES string of the molecule is C=CC(=O)OCCOCCNC(=O)Oc1cc(OC(=O)NCCOCCOC(=O)C=C)c2ccccc2c1OC(=O)NCCOCCOC(=O)C=C. The fourth-order valence-corrected chi connectivity index (χ4v) is 3.72. The van der Waals surface area contributed by atoms with Crippen molar-refractivity contribution in [1.29, 1.82) is 0 Å². The third-order valence-electron chi connectivity index (χ3n) is 5.99. The van der Waals surface area contributed by atoms with E-state index in [0.29, 0.717) is 5.39 Å². The zero-order valence-corrected chi connectivity index (χ0v) is 28.3. The molecule has 18 nitrogen and oxygen atoms in total. The van der Waals surface area contributed by atoms with Crippen LogP contribution >= 0.6 is 0 Å². The van der Waals surface area contributed by atoms with Crippen LogP contribution in [-0.4, -0.2) is 115 Å². The standard InChI is InChI=1S/C34H41N3O15/c1-4-28(38)47-20-17-44-14-11-35-32(41)50-26-23-27(51-33(42)36-12-15-45-18-21-48-29(39)5-2)31(25-10-8-7-9-24(25)26)52-34(43)37-13-16-46-19-22-49-30(40)6-3/h4-10,23H,1-3,11-22H2,(H,35,41)(H,36,42)(H,37,43). The minimum absolute atomic E-state index is 0.00339. The topological polar surface area (TPSA) is 222 Å². The van der Waals surface area contributed by atoms with Crippen LogP contribution in [-0.2, 0) is 42.8 Å². The molecule has 0 unspecified atom stereocenters. The van der Waals surface area contributed by atoms with Crippen molar-refractivity contribution >= 4 is 47.0 Å². The molecule has 0 saturated heterocycles. The average molecular weight is 732 g/mol. The Morgan fingerprint density at radius 1 is 0.500 bits per heavy atom. The maximum atomic E-state index is 12.8. The fourth-order valence-electron chi connectivity index (χ4n) is 3.72. The number of carbonyl (C=O) groups is 6. The van der Waals surface area contributed by atoms with Crippen molar-refractivity contribution in [3.05, 3.63) is 68.3 Å². The second kappa shape index (κ2) is 25.0. The summed E-state index contributed by atoms with van der Waals surface area (Å²) in [5.41, 5.74) is 0. The van der Waals surface area contributed by atoms with Gasteiger partial charge in [-0.2, -0.15) is 0 Å². The molecule has 0 aliphatic heterocycles. The maximum Gasteiger partial charge on any atom is 0.412 e. The van der Waals surface area contributed by atoms with E-state index in [0.717, 1.165) is 18.2 Å². The van der Waals surface area contributed by atoms with E-state index in [1.165, 1.54) is 6.07 Å². The third-order valence-corrected chi connectivity index (χ3v) is 5.99. The van der Waals surface area contributed by atoms with Crippen molar-refractivity contribution in [3.8, 4) is 17.2 Å². The predicted molar refractivity (Wildman–Crippen MR) is 182 cm³/mol. The van der Waals surface area contributed by atoms with Crippen molar-refractivity contribution in [3.63, 3.8) is 0 Å². The van der Waals surface area contributed by atoms with Crippen LogP contribution in [0.5, 0.6) is 17.2 Å². The summed E-state index contributed by atoms with van der Waals surface area (Å²) in [5.74, 6) is -2.25. The summed E-state index contributed by atoms with van der Waals surface area (Å²) < 4.78 is 46.8. The van der Waals surface area contributed by atoms with Crippen LogP contribution in [0.2, 0.25) is 0 Å². The Labute approximate surface area is 298 Å². The Hall–Kier alpha value is -5.98. The van der Waals surface area contributed by atoms with Crippen molar-refractivity contribution < 1.29 is 71.4 Å². The van der Waals surface area contributed by atoms with E-state index in [1.807, 2.05) is 0 Å². The molecule has 0 heterocycles. The summed E-state index contributed by atoms with van der Waals surface area (Å²) in [6, 6.07) is 7.63. The van der Waals surface area contributed by atoms with Crippen molar-refractivity contribution in [2.24, 2.45) is 0 Å². The van der Waals surface area contributed by atoms with Gasteiger partial charge in [-0.25, -0.2) is 28.8 Å². The molecule has 2 rings (SSSR count). The average Bonchev–Trinajstić information content (AvgIpc) is 3.14. The van der Waals surface area contributed by atoms with Gasteiger partial charge in [0.05, 0.1) is 39.6 Å². The first-order valence-corrected chi connectivity index (χ1v) is 15.7. The van der Waals surface area contributed by atoms with Crippen LogP contribution in [0.3, 0.4) is 0 Å². The van der Waals surface area contributed by atoms with Gasteiger partial charge in [-0.3, -0.25) is 0 Å². The Kier molecular flexibility index (Phi) is 20.3. The number of carbonyl (C=O) groups excluding carboxylic acids is 6. The number of ether oxygens (including phenoxy) is 9. The zero-order valence-electron chi connectivity index (χ0n) is 28.3. The summed E-state index contributed by atoms with van der Waals surface area (Å²) in [5, 5.41) is 8.06. The molecular formula is C34H41N3O15. The van der Waals surface area contributed by atoms with Gasteiger partial charge in [0.1, 0.15) is 25.6 Å². The molecule has 3 N–H and O–H groups in total. The molecule has 0 aromatic heterocycles. The van der Waals surface area contributed by atoms with Crippen molar-refractivity contribution in [2.45, 2.75) is 0 Å². The number of benzene rings is 2. The van der Waals surface area contributed by atoms with Gasteiger partial charge in [-0.1, -0.05) is 44.0 Å². The number of nitrogens with one attached hydrogen (secondary N) is 3. The molecule has 0 aliphatic rings. The molecule has 0 saturated carbocycles. The summed E-state index contributed by atoms with van der Waals surface area (Å²) in [4.78, 5) is 71.4. The minimum Gasteiger partial charge on any atom is -0.460 e. The van der Waals surface area contributed by atoms with Gasteiger partial charge in [-0.05, 0) is 0 Å². The Balaban J connectivity index is 2.09. The molecule has 2 aromatic carbocycles. The molecule has 52 heavy (non-hydrogen) atoms. The third kappa shape index (κ3) is 17.1. The van der Waals surface area contributed by atoms with Gasteiger partial charge in [0.15, 0.2) is 11.5 Å². The first-order valence-electron chi connectivity index (χ1n) is 15.7. The molecule has 282 valence electrons. The lowest BCUT2D eigenvalue weighted by molar-refractivity contribution is -0.140. The summed E-state index contributed by atoms with van der Waals surface area (Å²) >= 11 is 0. The van der Waals surface area contributed by atoms with Gasteiger partial charge in [0.25, 0.3) is 0 Å². The first kappa shape index (κ1) is 42.2. The van der Waals surface area contributed by atoms with Crippen LogP contribution in [0.15, 0.2) is 68.3 Å². The predicted octanol–water partition coefficient (Wildman–Crippen LogP) is 2.34. The maximum absolute atomic E-state index is 12.8. The normalized spacial score (nSPS) is 10.2. The monoisotopic (exact) mass is 731 g/mol. The summed E-state index contributed by atoms with van der Waals surface area (Å²) in [6.07, 6.45) is 0.311. The molecule has 2 aromatic rings. The molecule has 3 amide bonds. The smallest absolute Gasteiger partial charge is 0.412 e. The van der Waals surface area contributed by atoms with Crippen molar-refractivity contribution in [2.75, 3.05) is 79.1 Å². The van der Waals surface area contributed by atoms with E-state index < -0.39 is 36.2 Å². The molecule has 0 bridgehead atoms. The van der Waals surface area contributed by atoms with E-state index in [4.69, 9.17) is 42.6 Å². The number of amides is 3. The van der Waals surface area contributed by atoms with E-state index in [9.17, 15) is 28.8 Å².